The number of hydrogen-bond acceptors (Lipinski definition) is 4. The zero-order valence-corrected chi connectivity index (χ0v) is 14.9. The summed E-state index contributed by atoms with van der Waals surface area (Å²) in [5.74, 6) is 1.06. The summed E-state index contributed by atoms with van der Waals surface area (Å²) in [6.45, 7) is 1.51. The number of aromatic amines is 1. The minimum Gasteiger partial charge on any atom is -0.457 e. The van der Waals surface area contributed by atoms with Crippen molar-refractivity contribution in [3.63, 3.8) is 0 Å². The van der Waals surface area contributed by atoms with E-state index in [-0.39, 0.29) is 17.2 Å². The normalized spacial score (nSPS) is 11.5. The molecule has 0 unspecified atom stereocenters. The number of benzene rings is 2. The van der Waals surface area contributed by atoms with Crippen LogP contribution in [-0.4, -0.2) is 15.8 Å². The molecule has 0 fully saturated rings. The summed E-state index contributed by atoms with van der Waals surface area (Å²) in [5, 5.41) is 9.50. The number of allylic oxidation sites excluding steroid dienone is 1. The molecule has 2 aromatic heterocycles. The molecule has 28 heavy (non-hydrogen) atoms. The van der Waals surface area contributed by atoms with Gasteiger partial charge < -0.3 is 9.40 Å². The van der Waals surface area contributed by atoms with Gasteiger partial charge in [0.1, 0.15) is 29.2 Å². The molecule has 1 N–H and O–H groups in total. The summed E-state index contributed by atoms with van der Waals surface area (Å²) in [7, 11) is 0. The first kappa shape index (κ1) is 17.4. The van der Waals surface area contributed by atoms with Gasteiger partial charge in [-0.05, 0) is 37.3 Å². The summed E-state index contributed by atoms with van der Waals surface area (Å²) in [6.07, 6.45) is 1.57. The number of Topliss-reactive ketones (excluding diaryl/α,β-unsaturated/α-hetero) is 1. The molecule has 0 aliphatic rings. The Morgan fingerprint density at radius 1 is 1.18 bits per heavy atom. The quantitative estimate of drug-likeness (QED) is 0.393. The molecule has 6 heteroatoms. The molecule has 0 saturated carbocycles. The molecule has 4 rings (SSSR count). The van der Waals surface area contributed by atoms with Crippen LogP contribution < -0.4 is 0 Å². The first-order valence-electron chi connectivity index (χ1n) is 8.52. The van der Waals surface area contributed by atoms with Crippen molar-refractivity contribution in [3.05, 3.63) is 77.6 Å². The number of imidazole rings is 1. The standard InChI is InChI=1S/C22H14FN3O2/c1-13(27)14-2-4-15(5-3-14)21-9-7-18(28-21)10-16(12-24)22-25-19-8-6-17(23)11-20(19)26-22/h2-11H,1H3,(H,25,26)/b16-10-. The SMILES string of the molecule is CC(=O)c1ccc(-c2ccc(/C=C(/C#N)c3nc4ccc(F)cc4[nH]3)o2)cc1. The molecule has 4 aromatic rings. The summed E-state index contributed by atoms with van der Waals surface area (Å²) >= 11 is 0. The van der Waals surface area contributed by atoms with Crippen LogP contribution in [0, 0.1) is 17.1 Å². The highest BCUT2D eigenvalue weighted by atomic mass is 19.1. The molecule has 0 aliphatic carbocycles. The van der Waals surface area contributed by atoms with Crippen LogP contribution in [-0.2, 0) is 0 Å². The largest absolute Gasteiger partial charge is 0.457 e. The number of halogens is 1. The van der Waals surface area contributed by atoms with Crippen molar-refractivity contribution in [2.45, 2.75) is 6.92 Å². The van der Waals surface area contributed by atoms with Crippen LogP contribution in [0.1, 0.15) is 28.9 Å². The maximum Gasteiger partial charge on any atom is 0.159 e. The number of fused-ring (bicyclic) bond motifs is 1. The lowest BCUT2D eigenvalue weighted by molar-refractivity contribution is 0.101. The third-order valence-corrected chi connectivity index (χ3v) is 4.31. The van der Waals surface area contributed by atoms with E-state index < -0.39 is 0 Å². The van der Waals surface area contributed by atoms with Crippen molar-refractivity contribution in [3.8, 4) is 17.4 Å². The Morgan fingerprint density at radius 3 is 2.68 bits per heavy atom. The molecule has 136 valence electrons. The van der Waals surface area contributed by atoms with Gasteiger partial charge in [0.15, 0.2) is 5.78 Å². The summed E-state index contributed by atoms with van der Waals surface area (Å²) in [6, 6.07) is 16.9. The van der Waals surface area contributed by atoms with E-state index in [1.165, 1.54) is 19.1 Å². The van der Waals surface area contributed by atoms with Gasteiger partial charge in [-0.3, -0.25) is 4.79 Å². The Bertz CT molecular complexity index is 1260. The van der Waals surface area contributed by atoms with E-state index in [2.05, 4.69) is 16.0 Å². The predicted octanol–water partition coefficient (Wildman–Crippen LogP) is 5.23. The zero-order chi connectivity index (χ0) is 19.7. The molecule has 0 atom stereocenters. The first-order valence-corrected chi connectivity index (χ1v) is 8.52. The van der Waals surface area contributed by atoms with Crippen LogP contribution in [0.3, 0.4) is 0 Å². The topological polar surface area (TPSA) is 82.7 Å². The summed E-state index contributed by atoms with van der Waals surface area (Å²) in [4.78, 5) is 18.7. The zero-order valence-electron chi connectivity index (χ0n) is 14.9. The molecule has 5 nitrogen and oxygen atoms in total. The van der Waals surface area contributed by atoms with E-state index in [9.17, 15) is 14.4 Å². The average Bonchev–Trinajstić information content (AvgIpc) is 3.32. The van der Waals surface area contributed by atoms with Crippen LogP contribution >= 0.6 is 0 Å². The maximum absolute atomic E-state index is 13.3. The Kier molecular flexibility index (Phi) is 4.34. The number of ketones is 1. The first-order chi connectivity index (χ1) is 13.5. The second kappa shape index (κ2) is 6.97. The van der Waals surface area contributed by atoms with Crippen LogP contribution in [0.2, 0.25) is 0 Å². The van der Waals surface area contributed by atoms with Crippen LogP contribution in [0.4, 0.5) is 4.39 Å². The second-order valence-electron chi connectivity index (χ2n) is 6.25. The highest BCUT2D eigenvalue weighted by molar-refractivity contribution is 5.94. The molecule has 0 bridgehead atoms. The fourth-order valence-electron chi connectivity index (χ4n) is 2.86. The van der Waals surface area contributed by atoms with Gasteiger partial charge in [-0.2, -0.15) is 5.26 Å². The fourth-order valence-corrected chi connectivity index (χ4v) is 2.86. The lowest BCUT2D eigenvalue weighted by Crippen LogP contribution is -1.90. The van der Waals surface area contributed by atoms with Crippen molar-refractivity contribution >= 4 is 28.5 Å². The van der Waals surface area contributed by atoms with Crippen LogP contribution in [0.25, 0.3) is 34.0 Å². The van der Waals surface area contributed by atoms with Gasteiger partial charge in [-0.1, -0.05) is 24.3 Å². The monoisotopic (exact) mass is 371 g/mol. The molecule has 0 spiro atoms. The van der Waals surface area contributed by atoms with E-state index in [4.69, 9.17) is 4.42 Å². The molecule has 0 amide bonds. The van der Waals surface area contributed by atoms with Crippen molar-refractivity contribution < 1.29 is 13.6 Å². The van der Waals surface area contributed by atoms with E-state index in [1.807, 2.05) is 12.1 Å². The molecular weight excluding hydrogens is 357 g/mol. The maximum atomic E-state index is 13.3. The summed E-state index contributed by atoms with van der Waals surface area (Å²) < 4.78 is 19.2. The van der Waals surface area contributed by atoms with Gasteiger partial charge in [0, 0.05) is 17.2 Å². The third-order valence-electron chi connectivity index (χ3n) is 4.31. The molecule has 0 radical (unpaired) electrons. The number of nitriles is 1. The number of nitrogens with zero attached hydrogens (tertiary/aromatic N) is 2. The molecule has 0 aliphatic heterocycles. The highest BCUT2D eigenvalue weighted by Gasteiger charge is 2.11. The highest BCUT2D eigenvalue weighted by Crippen LogP contribution is 2.26. The van der Waals surface area contributed by atoms with Gasteiger partial charge in [0.05, 0.1) is 16.6 Å². The van der Waals surface area contributed by atoms with Crippen LogP contribution in [0.5, 0.6) is 0 Å². The van der Waals surface area contributed by atoms with E-state index in [1.54, 1.807) is 36.4 Å². The number of furan rings is 1. The number of aromatic nitrogens is 2. The number of carbonyl (C=O) groups excluding carboxylic acids is 1. The van der Waals surface area contributed by atoms with Gasteiger partial charge >= 0.3 is 0 Å². The minimum absolute atomic E-state index is 0.000930. The van der Waals surface area contributed by atoms with Gasteiger partial charge in [-0.25, -0.2) is 9.37 Å². The van der Waals surface area contributed by atoms with E-state index >= 15 is 0 Å². The number of carbonyl (C=O) groups is 1. The molecule has 2 heterocycles. The van der Waals surface area contributed by atoms with Crippen molar-refractivity contribution in [1.82, 2.24) is 9.97 Å². The number of H-pyrrole nitrogens is 1. The number of rotatable bonds is 4. The fraction of sp³-hybridized carbons (Fsp3) is 0.0455. The summed E-state index contributed by atoms with van der Waals surface area (Å²) in [5.41, 5.74) is 2.81. The Hall–Kier alpha value is -3.98. The molecule has 2 aromatic carbocycles. The van der Waals surface area contributed by atoms with Crippen molar-refractivity contribution in [2.24, 2.45) is 0 Å². The van der Waals surface area contributed by atoms with Gasteiger partial charge in [0.2, 0.25) is 0 Å². The molecular formula is C22H14FN3O2. The smallest absolute Gasteiger partial charge is 0.159 e. The van der Waals surface area contributed by atoms with E-state index in [0.717, 1.165) is 5.56 Å². The minimum atomic E-state index is -0.378. The average molecular weight is 371 g/mol. The number of hydrogen-bond donors (Lipinski definition) is 1. The Morgan fingerprint density at radius 2 is 1.96 bits per heavy atom. The number of nitrogens with one attached hydrogen (secondary N) is 1. The van der Waals surface area contributed by atoms with Crippen molar-refractivity contribution in [1.29, 1.82) is 5.26 Å². The lowest BCUT2D eigenvalue weighted by Gasteiger charge is -1.99. The Labute approximate surface area is 159 Å². The molecule has 0 saturated heterocycles. The van der Waals surface area contributed by atoms with Crippen LogP contribution in [0.15, 0.2) is 59.0 Å². The second-order valence-corrected chi connectivity index (χ2v) is 6.25. The van der Waals surface area contributed by atoms with Crippen molar-refractivity contribution in [2.75, 3.05) is 0 Å². The predicted molar refractivity (Wildman–Crippen MR) is 104 cm³/mol. The Balaban J connectivity index is 1.65. The van der Waals surface area contributed by atoms with E-state index in [0.29, 0.717) is 33.9 Å². The third kappa shape index (κ3) is 3.33. The van der Waals surface area contributed by atoms with Gasteiger partial charge in [0.25, 0.3) is 0 Å². The van der Waals surface area contributed by atoms with Gasteiger partial charge in [-0.15, -0.1) is 0 Å². The lowest BCUT2D eigenvalue weighted by atomic mass is 10.1.